The van der Waals surface area contributed by atoms with Crippen LogP contribution in [0.15, 0.2) is 279 Å². The van der Waals surface area contributed by atoms with Gasteiger partial charge in [-0.25, -0.2) is 19.9 Å². The Morgan fingerprint density at radius 3 is 0.571 bits per heavy atom. The fourth-order valence-corrected chi connectivity index (χ4v) is 19.5. The maximum absolute atomic E-state index is 14.7. The summed E-state index contributed by atoms with van der Waals surface area (Å²) in [7, 11) is 0. The molecule has 11 heterocycles. The van der Waals surface area contributed by atoms with E-state index in [9.17, 15) is 9.59 Å². The summed E-state index contributed by atoms with van der Waals surface area (Å²) in [4.78, 5) is 67.1. The van der Waals surface area contributed by atoms with Crippen molar-refractivity contribution in [2.45, 2.75) is 64.6 Å². The van der Waals surface area contributed by atoms with Crippen molar-refractivity contribution in [2.75, 3.05) is 10.6 Å². The monoisotopic (exact) mass is 1670 g/mol. The predicted molar refractivity (Wildman–Crippen MR) is 528 cm³/mol. The Bertz CT molecular complexity index is 7030. The number of hydrogen-bond acceptors (Lipinski definition) is 8. The van der Waals surface area contributed by atoms with E-state index in [0.29, 0.717) is 45.5 Å². The number of amides is 2. The van der Waals surface area contributed by atoms with Gasteiger partial charge in [0.05, 0.1) is 45.6 Å². The lowest BCUT2D eigenvalue weighted by molar-refractivity contribution is 0.101. The van der Waals surface area contributed by atoms with Gasteiger partial charge in [0, 0.05) is 134 Å². The van der Waals surface area contributed by atoms with Crippen LogP contribution in [-0.4, -0.2) is 51.7 Å². The summed E-state index contributed by atoms with van der Waals surface area (Å²) in [6.45, 7) is 12.7. The highest BCUT2D eigenvalue weighted by molar-refractivity contribution is 7.98. The van der Waals surface area contributed by atoms with Crippen LogP contribution in [0.3, 0.4) is 0 Å². The number of carbonyl (C=O) groups excluding carboxylic acids is 2. The number of rotatable bonds is 12. The molecule has 5 aliphatic rings. The first-order chi connectivity index (χ1) is 61.6. The lowest BCUT2D eigenvalue weighted by Gasteiger charge is -2.14. The molecule has 10 aromatic carbocycles. The molecule has 12 nitrogen and oxygen atoms in total. The molecule has 2 amide bonds. The molecular weight excluding hydrogens is 1580 g/mol. The topological polar surface area (TPSA) is 173 Å². The largest absolute Gasteiger partial charge is 0.354 e. The molecule has 16 aromatic rings. The third-order valence-electron chi connectivity index (χ3n) is 24.1. The van der Waals surface area contributed by atoms with Crippen molar-refractivity contribution in [3.63, 3.8) is 0 Å². The molecule has 0 saturated heterocycles. The van der Waals surface area contributed by atoms with Crippen LogP contribution in [-0.2, 0) is 23.0 Å². The summed E-state index contributed by atoms with van der Waals surface area (Å²) >= 11 is 3.53. The second-order valence-electron chi connectivity index (χ2n) is 33.3. The van der Waals surface area contributed by atoms with Crippen LogP contribution in [0.2, 0.25) is 0 Å². The van der Waals surface area contributed by atoms with E-state index in [1.165, 1.54) is 33.4 Å². The average Bonchev–Trinajstić information content (AvgIpc) is 1.61. The molecule has 0 spiro atoms. The standard InChI is InChI=1S/C112H86N10O2S2/c1-65-7-19-75(20-8-65)103-87-39-43-91(115-87)105(77-23-11-67(3)12-24-77)95-47-51-99(119-95)109(100-52-48-96(120-100)106(92-44-40-88(103)116-92)78-25-13-68(4)14-26-78)81-31-35-85(36-32-81)113-111(123)83-57-71-55-72(58-83)62-126-64-74-56-73(63-125-61-71)59-84(60-74)112(124)114-86-37-33-82(34-38-86)110-101-53-49-97(121-101)107(79-27-15-69(5)16-28-79)93-45-41-89(117-93)104(76-21-9-66(2)10-22-76)90-42-46-94(118-90)108(98-50-54-102(110)122-98)80-29-17-70(6)18-30-80/h7-60,115,117,120,122H,61-64H2,1-6H3,(H,113,123)(H,114,124). The van der Waals surface area contributed by atoms with E-state index in [1.54, 1.807) is 23.5 Å². The summed E-state index contributed by atoms with van der Waals surface area (Å²) in [6, 6.07) is 97.9. The SMILES string of the molecule is Cc1ccc(-c2c3nc(c(-c4ccc(C)cc4)c4ccc([nH]4)c(-c4ccc(NC(=O)c5cc6cc(c5)CSCc5cc(cc(C(=O)Nc7ccc(-c8c9nc(c(-c%10ccc(C)cc%10)c%10ccc([nH]%10)c(-c%10ccc(C)cc%10)c%10nc(c(-c%11ccc(C)cc%11)c%11ccc8[nH]%11)C=C%10)C=C9)cc7)c5)CSC6)cc4)c4nc(c(-c5ccc(C)cc5)c5ccc2[nH]5)C=C4)C=C3)cc1. The van der Waals surface area contributed by atoms with Crippen molar-refractivity contribution in [3.8, 4) is 89.0 Å². The molecule has 0 unspecified atom stereocenters. The van der Waals surface area contributed by atoms with Gasteiger partial charge in [0.1, 0.15) is 0 Å². The quantitative estimate of drug-likeness (QED) is 0.0701. The van der Waals surface area contributed by atoms with Crippen LogP contribution in [0.1, 0.15) is 122 Å². The Kier molecular flexibility index (Phi) is 20.5. The Hall–Kier alpha value is -15.0. The fourth-order valence-electron chi connectivity index (χ4n) is 17.7. The number of carbonyl (C=O) groups is 2. The lowest BCUT2D eigenvalue weighted by atomic mass is 10.0. The molecule has 0 radical (unpaired) electrons. The predicted octanol–water partition coefficient (Wildman–Crippen LogP) is 28.5. The Balaban J connectivity index is 0.560. The first kappa shape index (κ1) is 78.3. The Morgan fingerprint density at radius 2 is 0.397 bits per heavy atom. The maximum Gasteiger partial charge on any atom is 0.255 e. The van der Waals surface area contributed by atoms with Crippen LogP contribution < -0.4 is 10.6 Å². The summed E-state index contributed by atoms with van der Waals surface area (Å²) in [5.74, 6) is 2.28. The molecule has 126 heavy (non-hydrogen) atoms. The van der Waals surface area contributed by atoms with Gasteiger partial charge in [-0.05, 0) is 254 Å². The second kappa shape index (κ2) is 33.0. The minimum absolute atomic E-state index is 0.190. The van der Waals surface area contributed by atoms with E-state index in [2.05, 4.69) is 351 Å². The van der Waals surface area contributed by atoms with E-state index in [-0.39, 0.29) is 11.8 Å². The van der Waals surface area contributed by atoms with Crippen LogP contribution >= 0.6 is 23.5 Å². The van der Waals surface area contributed by atoms with Crippen molar-refractivity contribution in [2.24, 2.45) is 0 Å². The van der Waals surface area contributed by atoms with Crippen LogP contribution in [0.4, 0.5) is 11.4 Å². The van der Waals surface area contributed by atoms with E-state index < -0.39 is 0 Å². The molecule has 608 valence electrons. The molecule has 0 aliphatic carbocycles. The number of aromatic amines is 4. The minimum Gasteiger partial charge on any atom is -0.354 e. The number of fused-ring (bicyclic) bond motifs is 20. The molecule has 0 saturated carbocycles. The maximum atomic E-state index is 14.7. The zero-order valence-corrected chi connectivity index (χ0v) is 72.1. The minimum atomic E-state index is -0.190. The highest BCUT2D eigenvalue weighted by Crippen LogP contribution is 2.44. The van der Waals surface area contributed by atoms with Crippen molar-refractivity contribution in [1.82, 2.24) is 39.9 Å². The van der Waals surface area contributed by atoms with Crippen molar-refractivity contribution < 1.29 is 9.59 Å². The number of benzene rings is 10. The van der Waals surface area contributed by atoms with Crippen molar-refractivity contribution in [3.05, 3.63) is 391 Å². The van der Waals surface area contributed by atoms with Crippen LogP contribution in [0, 0.1) is 41.5 Å². The smallest absolute Gasteiger partial charge is 0.255 e. The molecule has 0 fully saturated rings. The summed E-state index contributed by atoms with van der Waals surface area (Å²) in [5, 5.41) is 6.55. The molecule has 6 aromatic heterocycles. The molecule has 20 bridgehead atoms. The van der Waals surface area contributed by atoms with Crippen molar-refractivity contribution in [1.29, 1.82) is 0 Å². The van der Waals surface area contributed by atoms with Crippen LogP contribution in [0.5, 0.6) is 0 Å². The van der Waals surface area contributed by atoms with Gasteiger partial charge in [0.25, 0.3) is 11.8 Å². The molecule has 21 rings (SSSR count). The molecule has 0 atom stereocenters. The fraction of sp³-hybridized carbons (Fsp3) is 0.0893. The third-order valence-corrected chi connectivity index (χ3v) is 26.3. The zero-order valence-electron chi connectivity index (χ0n) is 70.4. The first-order valence-electron chi connectivity index (χ1n) is 42.6. The Morgan fingerprint density at radius 1 is 0.230 bits per heavy atom. The van der Waals surface area contributed by atoms with Gasteiger partial charge in [-0.15, -0.1) is 0 Å². The van der Waals surface area contributed by atoms with Gasteiger partial charge in [-0.1, -0.05) is 215 Å². The van der Waals surface area contributed by atoms with E-state index in [1.807, 2.05) is 48.5 Å². The van der Waals surface area contributed by atoms with E-state index in [4.69, 9.17) is 19.9 Å². The van der Waals surface area contributed by atoms with E-state index in [0.717, 1.165) is 201 Å². The zero-order chi connectivity index (χ0) is 85.2. The van der Waals surface area contributed by atoms with Gasteiger partial charge in [-0.2, -0.15) is 23.5 Å². The molecule has 14 heteroatoms. The van der Waals surface area contributed by atoms with Gasteiger partial charge < -0.3 is 30.6 Å². The third kappa shape index (κ3) is 15.7. The highest BCUT2D eigenvalue weighted by atomic mass is 32.2. The molecule has 5 aliphatic heterocycles. The number of nitrogens with zero attached hydrogens (tertiary/aromatic N) is 4. The van der Waals surface area contributed by atoms with Gasteiger partial charge in [-0.3, -0.25) is 9.59 Å². The number of aryl methyl sites for hydroxylation is 6. The van der Waals surface area contributed by atoms with E-state index >= 15 is 0 Å². The first-order valence-corrected chi connectivity index (χ1v) is 44.9. The van der Waals surface area contributed by atoms with Crippen molar-refractivity contribution >= 4 is 139 Å². The Labute approximate surface area is 739 Å². The van der Waals surface area contributed by atoms with Gasteiger partial charge in [0.15, 0.2) is 0 Å². The molecular formula is C112H86N10O2S2. The van der Waals surface area contributed by atoms with Gasteiger partial charge in [0.2, 0.25) is 0 Å². The number of aromatic nitrogens is 8. The normalized spacial score (nSPS) is 12.7. The lowest BCUT2D eigenvalue weighted by Crippen LogP contribution is -2.13. The van der Waals surface area contributed by atoms with Crippen LogP contribution in [0.25, 0.3) is 182 Å². The number of hydrogen-bond donors (Lipinski definition) is 6. The second-order valence-corrected chi connectivity index (χ2v) is 35.3. The highest BCUT2D eigenvalue weighted by Gasteiger charge is 2.25. The summed E-state index contributed by atoms with van der Waals surface area (Å²) < 4.78 is 0. The molecule has 6 N–H and O–H groups in total. The summed E-state index contributed by atoms with van der Waals surface area (Å²) in [6.07, 6.45) is 17.0. The number of thioether (sulfide) groups is 2. The average molecular weight is 1670 g/mol. The van der Waals surface area contributed by atoms with Gasteiger partial charge >= 0.3 is 0 Å². The summed E-state index contributed by atoms with van der Waals surface area (Å²) in [5.41, 5.74) is 43.6. The number of nitrogens with one attached hydrogen (secondary N) is 6. The number of H-pyrrole nitrogens is 4. The number of anilines is 2.